The molecule has 0 atom stereocenters. The third-order valence-corrected chi connectivity index (χ3v) is 3.30. The summed E-state index contributed by atoms with van der Waals surface area (Å²) in [6.07, 6.45) is 2.23. The maximum absolute atomic E-state index is 11.9. The fraction of sp³-hybridized carbons (Fsp3) is 0.600. The molecule has 0 radical (unpaired) electrons. The molecule has 1 aromatic heterocycles. The van der Waals surface area contributed by atoms with E-state index in [1.165, 1.54) is 11.3 Å². The molecular formula is C10H14N2O2S. The molecule has 2 rings (SSSR count). The molecular weight excluding hydrogens is 212 g/mol. The summed E-state index contributed by atoms with van der Waals surface area (Å²) in [6, 6.07) is 0. The number of nitrogens with zero attached hydrogens (tertiary/aromatic N) is 2. The maximum atomic E-state index is 11.9. The zero-order chi connectivity index (χ0) is 10.7. The molecule has 1 aliphatic rings. The van der Waals surface area contributed by atoms with Gasteiger partial charge in [0.05, 0.1) is 12.3 Å². The van der Waals surface area contributed by atoms with Crippen molar-refractivity contribution in [1.82, 2.24) is 9.88 Å². The highest BCUT2D eigenvalue weighted by atomic mass is 32.1. The summed E-state index contributed by atoms with van der Waals surface area (Å²) in [7, 11) is 1.63. The number of hydrogen-bond donors (Lipinski definition) is 0. The maximum Gasteiger partial charge on any atom is 0.282 e. The molecule has 0 saturated carbocycles. The average Bonchev–Trinajstić information content (AvgIpc) is 2.87. The van der Waals surface area contributed by atoms with Crippen LogP contribution in [0.3, 0.4) is 0 Å². The molecule has 4 nitrogen and oxygen atoms in total. The lowest BCUT2D eigenvalue weighted by atomic mass is 10.4. The van der Waals surface area contributed by atoms with Gasteiger partial charge in [0.25, 0.3) is 5.91 Å². The van der Waals surface area contributed by atoms with E-state index >= 15 is 0 Å². The monoisotopic (exact) mass is 226 g/mol. The number of ether oxygens (including phenoxy) is 1. The van der Waals surface area contributed by atoms with Gasteiger partial charge in [0.15, 0.2) is 5.01 Å². The van der Waals surface area contributed by atoms with Gasteiger partial charge in [0, 0.05) is 25.6 Å². The second-order valence-electron chi connectivity index (χ2n) is 3.58. The molecule has 82 valence electrons. The van der Waals surface area contributed by atoms with Gasteiger partial charge >= 0.3 is 0 Å². The van der Waals surface area contributed by atoms with E-state index in [-0.39, 0.29) is 5.91 Å². The molecule has 1 fully saturated rings. The molecule has 0 spiro atoms. The Hall–Kier alpha value is -0.940. The Morgan fingerprint density at radius 3 is 3.00 bits per heavy atom. The quantitative estimate of drug-likeness (QED) is 0.785. The Kier molecular flexibility index (Phi) is 3.33. The standard InChI is InChI=1S/C10H14N2O2S/c1-14-6-8-7-15-9(11-8)10(13)12-4-2-3-5-12/h7H,2-6H2,1H3. The Balaban J connectivity index is 2.04. The first kappa shape index (κ1) is 10.6. The normalized spacial score (nSPS) is 15.9. The van der Waals surface area contributed by atoms with E-state index in [1.54, 1.807) is 7.11 Å². The summed E-state index contributed by atoms with van der Waals surface area (Å²) in [4.78, 5) is 18.0. The number of rotatable bonds is 3. The van der Waals surface area contributed by atoms with E-state index in [1.807, 2.05) is 10.3 Å². The number of methoxy groups -OCH3 is 1. The molecule has 0 unspecified atom stereocenters. The zero-order valence-electron chi connectivity index (χ0n) is 8.73. The fourth-order valence-electron chi connectivity index (χ4n) is 1.67. The van der Waals surface area contributed by atoms with Crippen LogP contribution in [0.15, 0.2) is 5.38 Å². The summed E-state index contributed by atoms with van der Waals surface area (Å²) in [5, 5.41) is 2.47. The van der Waals surface area contributed by atoms with Crippen molar-refractivity contribution in [2.45, 2.75) is 19.4 Å². The van der Waals surface area contributed by atoms with Gasteiger partial charge in [-0.15, -0.1) is 11.3 Å². The Labute approximate surface area is 92.9 Å². The Bertz CT molecular complexity index is 345. The number of carbonyl (C=O) groups is 1. The van der Waals surface area contributed by atoms with Crippen molar-refractivity contribution in [3.05, 3.63) is 16.1 Å². The molecule has 5 heteroatoms. The number of amides is 1. The van der Waals surface area contributed by atoms with Crippen molar-refractivity contribution in [2.75, 3.05) is 20.2 Å². The number of hydrogen-bond acceptors (Lipinski definition) is 4. The van der Waals surface area contributed by atoms with Gasteiger partial charge in [-0.25, -0.2) is 4.98 Å². The molecule has 0 aliphatic carbocycles. The van der Waals surface area contributed by atoms with Gasteiger partial charge in [-0.3, -0.25) is 4.79 Å². The van der Waals surface area contributed by atoms with Crippen molar-refractivity contribution in [1.29, 1.82) is 0 Å². The summed E-state index contributed by atoms with van der Waals surface area (Å²) in [5.41, 5.74) is 0.838. The minimum absolute atomic E-state index is 0.0693. The van der Waals surface area contributed by atoms with Crippen LogP contribution in [0, 0.1) is 0 Å². The van der Waals surface area contributed by atoms with Crippen LogP contribution in [-0.4, -0.2) is 36.0 Å². The fourth-order valence-corrected chi connectivity index (χ4v) is 2.44. The summed E-state index contributed by atoms with van der Waals surface area (Å²) in [6.45, 7) is 2.22. The van der Waals surface area contributed by atoms with Crippen LogP contribution < -0.4 is 0 Å². The highest BCUT2D eigenvalue weighted by Gasteiger charge is 2.21. The van der Waals surface area contributed by atoms with Crippen LogP contribution >= 0.6 is 11.3 Å². The summed E-state index contributed by atoms with van der Waals surface area (Å²) < 4.78 is 4.97. The van der Waals surface area contributed by atoms with Crippen LogP contribution in [0.1, 0.15) is 28.3 Å². The average molecular weight is 226 g/mol. The molecule has 0 bridgehead atoms. The van der Waals surface area contributed by atoms with E-state index in [9.17, 15) is 4.79 Å². The topological polar surface area (TPSA) is 42.4 Å². The molecule has 2 heterocycles. The highest BCUT2D eigenvalue weighted by molar-refractivity contribution is 7.11. The first-order chi connectivity index (χ1) is 7.31. The Morgan fingerprint density at radius 2 is 2.33 bits per heavy atom. The van der Waals surface area contributed by atoms with Crippen molar-refractivity contribution < 1.29 is 9.53 Å². The van der Waals surface area contributed by atoms with E-state index in [4.69, 9.17) is 4.74 Å². The lowest BCUT2D eigenvalue weighted by Gasteiger charge is -2.12. The minimum atomic E-state index is 0.0693. The van der Waals surface area contributed by atoms with E-state index in [0.29, 0.717) is 11.6 Å². The van der Waals surface area contributed by atoms with Crippen molar-refractivity contribution in [3.8, 4) is 0 Å². The summed E-state index contributed by atoms with van der Waals surface area (Å²) >= 11 is 1.40. The first-order valence-electron chi connectivity index (χ1n) is 5.04. The zero-order valence-corrected chi connectivity index (χ0v) is 9.55. The molecule has 0 N–H and O–H groups in total. The van der Waals surface area contributed by atoms with Crippen molar-refractivity contribution >= 4 is 17.2 Å². The van der Waals surface area contributed by atoms with Gasteiger partial charge in [0.2, 0.25) is 0 Å². The molecule has 0 aromatic carbocycles. The molecule has 1 aromatic rings. The van der Waals surface area contributed by atoms with Crippen molar-refractivity contribution in [2.24, 2.45) is 0 Å². The third kappa shape index (κ3) is 2.35. The number of aromatic nitrogens is 1. The van der Waals surface area contributed by atoms with Gasteiger partial charge in [-0.05, 0) is 12.8 Å². The van der Waals surface area contributed by atoms with Crippen molar-refractivity contribution in [3.63, 3.8) is 0 Å². The second-order valence-corrected chi connectivity index (χ2v) is 4.43. The van der Waals surface area contributed by atoms with Crippen LogP contribution in [0.25, 0.3) is 0 Å². The smallest absolute Gasteiger partial charge is 0.282 e. The largest absolute Gasteiger partial charge is 0.378 e. The number of carbonyl (C=O) groups excluding carboxylic acids is 1. The minimum Gasteiger partial charge on any atom is -0.378 e. The van der Waals surface area contributed by atoms with Gasteiger partial charge in [-0.1, -0.05) is 0 Å². The highest BCUT2D eigenvalue weighted by Crippen LogP contribution is 2.16. The number of likely N-dealkylation sites (tertiary alicyclic amines) is 1. The van der Waals surface area contributed by atoms with E-state index in [0.717, 1.165) is 31.6 Å². The molecule has 1 aliphatic heterocycles. The lowest BCUT2D eigenvalue weighted by molar-refractivity contribution is 0.0791. The van der Waals surface area contributed by atoms with Crippen LogP contribution in [0.2, 0.25) is 0 Å². The van der Waals surface area contributed by atoms with Gasteiger partial charge < -0.3 is 9.64 Å². The van der Waals surface area contributed by atoms with E-state index < -0.39 is 0 Å². The summed E-state index contributed by atoms with van der Waals surface area (Å²) in [5.74, 6) is 0.0693. The van der Waals surface area contributed by atoms with Gasteiger partial charge in [0.1, 0.15) is 0 Å². The molecule has 1 saturated heterocycles. The van der Waals surface area contributed by atoms with E-state index in [2.05, 4.69) is 4.98 Å². The Morgan fingerprint density at radius 1 is 1.60 bits per heavy atom. The third-order valence-electron chi connectivity index (χ3n) is 2.42. The first-order valence-corrected chi connectivity index (χ1v) is 5.92. The molecule has 1 amide bonds. The second kappa shape index (κ2) is 4.72. The van der Waals surface area contributed by atoms with Crippen LogP contribution in [0.4, 0.5) is 0 Å². The number of thiazole rings is 1. The molecule has 15 heavy (non-hydrogen) atoms. The SMILES string of the molecule is COCc1csc(C(=O)N2CCCC2)n1. The van der Waals surface area contributed by atoms with Crippen LogP contribution in [0.5, 0.6) is 0 Å². The lowest BCUT2D eigenvalue weighted by Crippen LogP contribution is -2.27. The predicted molar refractivity (Wildman–Crippen MR) is 58.0 cm³/mol. The predicted octanol–water partition coefficient (Wildman–Crippen LogP) is 1.53. The van der Waals surface area contributed by atoms with Crippen LogP contribution in [-0.2, 0) is 11.3 Å². The van der Waals surface area contributed by atoms with Gasteiger partial charge in [-0.2, -0.15) is 0 Å².